The molecule has 0 fully saturated rings. The molecular formula is C16H22N4O4S2. The number of aromatic nitrogens is 1. The summed E-state index contributed by atoms with van der Waals surface area (Å²) in [5.74, 6) is 0. The first-order valence-electron chi connectivity index (χ1n) is 8.07. The van der Waals surface area contributed by atoms with Crippen molar-refractivity contribution >= 4 is 38.2 Å². The fourth-order valence-electron chi connectivity index (χ4n) is 2.24. The minimum atomic E-state index is -3.87. The Morgan fingerprint density at radius 2 is 2.12 bits per heavy atom. The topological polar surface area (TPSA) is 93.5 Å². The number of benzene rings is 1. The van der Waals surface area contributed by atoms with Gasteiger partial charge in [-0.15, -0.1) is 21.6 Å². The van der Waals surface area contributed by atoms with Crippen LogP contribution in [0.4, 0.5) is 16.5 Å². The molecule has 1 aromatic carbocycles. The van der Waals surface area contributed by atoms with Gasteiger partial charge in [-0.25, -0.2) is 9.17 Å². The van der Waals surface area contributed by atoms with Gasteiger partial charge in [-0.2, -0.15) is 8.42 Å². The van der Waals surface area contributed by atoms with Crippen LogP contribution in [0.1, 0.15) is 18.9 Å². The standard InChI is InChI=1S/C16H22N4O4S2/c1-4-20(9-5-10-24-26(21,22)23-3)14-6-7-15(13(2)12-14)18-19-16-17-8-11-25-16/h6-8,11-12H,4-5,9-10H2,1-3H3. The molecule has 0 aliphatic rings. The molecule has 0 radical (unpaired) electrons. The maximum absolute atomic E-state index is 11.1. The summed E-state index contributed by atoms with van der Waals surface area (Å²) in [7, 11) is -2.80. The minimum Gasteiger partial charge on any atom is -0.372 e. The van der Waals surface area contributed by atoms with Crippen molar-refractivity contribution in [3.05, 3.63) is 35.3 Å². The largest absolute Gasteiger partial charge is 0.399 e. The van der Waals surface area contributed by atoms with E-state index in [1.807, 2.05) is 37.4 Å². The van der Waals surface area contributed by atoms with E-state index in [2.05, 4.69) is 24.3 Å². The summed E-state index contributed by atoms with van der Waals surface area (Å²) in [6.07, 6.45) is 2.25. The van der Waals surface area contributed by atoms with Crippen molar-refractivity contribution in [2.45, 2.75) is 20.3 Å². The van der Waals surface area contributed by atoms with Gasteiger partial charge in [-0.1, -0.05) is 0 Å². The molecule has 0 bridgehead atoms. The number of hydrogen-bond acceptors (Lipinski definition) is 9. The number of aryl methyl sites for hydroxylation is 1. The maximum Gasteiger partial charge on any atom is 0.399 e. The normalized spacial score (nSPS) is 12.0. The van der Waals surface area contributed by atoms with Crippen LogP contribution in [0.25, 0.3) is 0 Å². The number of nitrogens with zero attached hydrogens (tertiary/aromatic N) is 4. The average molecular weight is 399 g/mol. The van der Waals surface area contributed by atoms with Gasteiger partial charge in [0, 0.05) is 30.4 Å². The molecule has 0 aliphatic heterocycles. The van der Waals surface area contributed by atoms with E-state index in [-0.39, 0.29) is 6.61 Å². The molecule has 142 valence electrons. The van der Waals surface area contributed by atoms with E-state index >= 15 is 0 Å². The summed E-state index contributed by atoms with van der Waals surface area (Å²) < 4.78 is 31.2. The number of hydrogen-bond donors (Lipinski definition) is 0. The molecule has 0 unspecified atom stereocenters. The van der Waals surface area contributed by atoms with Crippen molar-refractivity contribution < 1.29 is 16.8 Å². The Kier molecular flexibility index (Phi) is 7.64. The summed E-state index contributed by atoms with van der Waals surface area (Å²) >= 11 is 1.43. The maximum atomic E-state index is 11.1. The summed E-state index contributed by atoms with van der Waals surface area (Å²) in [5.41, 5.74) is 2.82. The first-order valence-corrected chi connectivity index (χ1v) is 10.3. The lowest BCUT2D eigenvalue weighted by Gasteiger charge is -2.23. The molecule has 1 heterocycles. The number of azo groups is 1. The third-order valence-corrected chi connectivity index (χ3v) is 5.11. The van der Waals surface area contributed by atoms with Crippen LogP contribution < -0.4 is 4.90 Å². The Balaban J connectivity index is 1.96. The second kappa shape index (κ2) is 9.72. The van der Waals surface area contributed by atoms with Gasteiger partial charge in [0.25, 0.3) is 0 Å². The zero-order valence-corrected chi connectivity index (χ0v) is 16.6. The SMILES string of the molecule is CCN(CCCOS(=O)(=O)OC)c1ccc(N=Nc2nccs2)c(C)c1. The van der Waals surface area contributed by atoms with Crippen LogP contribution in [-0.2, 0) is 18.8 Å². The second-order valence-corrected chi connectivity index (χ2v) is 7.57. The van der Waals surface area contributed by atoms with Gasteiger partial charge in [0.2, 0.25) is 5.13 Å². The van der Waals surface area contributed by atoms with E-state index < -0.39 is 10.4 Å². The Hall–Kier alpha value is -1.88. The van der Waals surface area contributed by atoms with E-state index in [4.69, 9.17) is 4.18 Å². The van der Waals surface area contributed by atoms with Crippen molar-refractivity contribution in [2.75, 3.05) is 31.7 Å². The lowest BCUT2D eigenvalue weighted by molar-refractivity contribution is 0.241. The lowest BCUT2D eigenvalue weighted by Crippen LogP contribution is -2.25. The molecular weight excluding hydrogens is 376 g/mol. The zero-order valence-electron chi connectivity index (χ0n) is 15.0. The van der Waals surface area contributed by atoms with Crippen molar-refractivity contribution in [3.8, 4) is 0 Å². The van der Waals surface area contributed by atoms with Crippen LogP contribution in [-0.4, -0.2) is 40.2 Å². The quantitative estimate of drug-likeness (QED) is 0.444. The van der Waals surface area contributed by atoms with Crippen molar-refractivity contribution in [1.82, 2.24) is 4.98 Å². The molecule has 0 atom stereocenters. The summed E-state index contributed by atoms with van der Waals surface area (Å²) in [6.45, 7) is 5.54. The Labute approximate surface area is 157 Å². The van der Waals surface area contributed by atoms with E-state index in [0.29, 0.717) is 18.1 Å². The third kappa shape index (κ3) is 6.13. The fraction of sp³-hybridized carbons (Fsp3) is 0.438. The van der Waals surface area contributed by atoms with E-state index in [0.717, 1.165) is 30.6 Å². The van der Waals surface area contributed by atoms with Gasteiger partial charge in [-0.05, 0) is 44.0 Å². The van der Waals surface area contributed by atoms with Crippen LogP contribution in [0.2, 0.25) is 0 Å². The summed E-state index contributed by atoms with van der Waals surface area (Å²) in [5, 5.41) is 10.8. The zero-order chi connectivity index (χ0) is 19.0. The molecule has 2 aromatic rings. The Bertz CT molecular complexity index is 823. The predicted molar refractivity (Wildman–Crippen MR) is 102 cm³/mol. The molecule has 0 aliphatic carbocycles. The molecule has 0 N–H and O–H groups in total. The van der Waals surface area contributed by atoms with Crippen LogP contribution in [0.5, 0.6) is 0 Å². The minimum absolute atomic E-state index is 0.0752. The smallest absolute Gasteiger partial charge is 0.372 e. The van der Waals surface area contributed by atoms with E-state index in [1.165, 1.54) is 11.3 Å². The summed E-state index contributed by atoms with van der Waals surface area (Å²) in [4.78, 5) is 6.21. The highest BCUT2D eigenvalue weighted by molar-refractivity contribution is 7.81. The average Bonchev–Trinajstić information content (AvgIpc) is 3.14. The molecule has 10 heteroatoms. The molecule has 2 rings (SSSR count). The number of thiazole rings is 1. The monoisotopic (exact) mass is 398 g/mol. The van der Waals surface area contributed by atoms with Crippen molar-refractivity contribution in [3.63, 3.8) is 0 Å². The summed E-state index contributed by atoms with van der Waals surface area (Å²) in [6, 6.07) is 5.92. The molecule has 0 saturated carbocycles. The van der Waals surface area contributed by atoms with Crippen molar-refractivity contribution in [2.24, 2.45) is 10.2 Å². The third-order valence-electron chi connectivity index (χ3n) is 3.59. The molecule has 0 spiro atoms. The Morgan fingerprint density at radius 1 is 1.31 bits per heavy atom. The van der Waals surface area contributed by atoms with Gasteiger partial charge in [0.1, 0.15) is 0 Å². The molecule has 0 amide bonds. The fourth-order valence-corrected chi connectivity index (χ4v) is 3.12. The highest BCUT2D eigenvalue weighted by atomic mass is 32.3. The van der Waals surface area contributed by atoms with Gasteiger partial charge in [0.15, 0.2) is 0 Å². The van der Waals surface area contributed by atoms with Gasteiger partial charge in [0.05, 0.1) is 19.4 Å². The molecule has 0 saturated heterocycles. The number of rotatable bonds is 10. The van der Waals surface area contributed by atoms with Crippen LogP contribution in [0, 0.1) is 6.92 Å². The lowest BCUT2D eigenvalue weighted by atomic mass is 10.1. The Morgan fingerprint density at radius 3 is 2.73 bits per heavy atom. The predicted octanol–water partition coefficient (Wildman–Crippen LogP) is 3.99. The molecule has 8 nitrogen and oxygen atoms in total. The first kappa shape index (κ1) is 20.4. The second-order valence-electron chi connectivity index (χ2n) is 5.32. The highest BCUT2D eigenvalue weighted by Gasteiger charge is 2.10. The number of anilines is 1. The highest BCUT2D eigenvalue weighted by Crippen LogP contribution is 2.27. The molecule has 26 heavy (non-hydrogen) atoms. The van der Waals surface area contributed by atoms with E-state index in [9.17, 15) is 8.42 Å². The van der Waals surface area contributed by atoms with Crippen molar-refractivity contribution in [1.29, 1.82) is 0 Å². The van der Waals surface area contributed by atoms with Crippen LogP contribution >= 0.6 is 11.3 Å². The van der Waals surface area contributed by atoms with Crippen LogP contribution in [0.3, 0.4) is 0 Å². The van der Waals surface area contributed by atoms with Gasteiger partial charge in [-0.3, -0.25) is 4.18 Å². The van der Waals surface area contributed by atoms with Gasteiger partial charge >= 0.3 is 10.4 Å². The van der Waals surface area contributed by atoms with E-state index in [1.54, 1.807) is 6.20 Å². The van der Waals surface area contributed by atoms with Gasteiger partial charge < -0.3 is 4.90 Å². The first-order chi connectivity index (χ1) is 12.4. The molecule has 1 aromatic heterocycles. The van der Waals surface area contributed by atoms with Crippen LogP contribution in [0.15, 0.2) is 40.0 Å².